The maximum absolute atomic E-state index is 12.2. The third-order valence-corrected chi connectivity index (χ3v) is 4.77. The Hall–Kier alpha value is -1.76. The van der Waals surface area contributed by atoms with Crippen molar-refractivity contribution in [2.45, 2.75) is 31.4 Å². The molecule has 0 saturated carbocycles. The van der Waals surface area contributed by atoms with Crippen LogP contribution in [-0.2, 0) is 0 Å². The number of nitrogens with zero attached hydrogens (tertiary/aromatic N) is 2. The van der Waals surface area contributed by atoms with Crippen molar-refractivity contribution in [2.24, 2.45) is 0 Å². The number of amides is 2. The maximum Gasteiger partial charge on any atom is 0.261 e. The van der Waals surface area contributed by atoms with Crippen LogP contribution in [-0.4, -0.2) is 70.2 Å². The van der Waals surface area contributed by atoms with E-state index >= 15 is 0 Å². The Morgan fingerprint density at radius 1 is 1.04 bits per heavy atom. The molecule has 3 rings (SSSR count). The van der Waals surface area contributed by atoms with Crippen LogP contribution in [0.3, 0.4) is 0 Å². The van der Waals surface area contributed by atoms with Crippen LogP contribution >= 0.6 is 0 Å². The van der Waals surface area contributed by atoms with Crippen molar-refractivity contribution in [3.05, 3.63) is 35.4 Å². The smallest absolute Gasteiger partial charge is 0.261 e. The molecule has 0 radical (unpaired) electrons. The van der Waals surface area contributed by atoms with E-state index in [1.54, 1.807) is 24.3 Å². The van der Waals surface area contributed by atoms with Gasteiger partial charge in [0.25, 0.3) is 11.8 Å². The zero-order chi connectivity index (χ0) is 16.4. The van der Waals surface area contributed by atoms with E-state index in [-0.39, 0.29) is 24.5 Å². The number of unbranched alkanes of at least 4 members (excludes halogenated alkanes) is 1. The lowest BCUT2D eigenvalue weighted by Gasteiger charge is -2.24. The van der Waals surface area contributed by atoms with E-state index in [0.717, 1.165) is 25.9 Å². The second-order valence-electron chi connectivity index (χ2n) is 6.16. The summed E-state index contributed by atoms with van der Waals surface area (Å²) in [6.07, 6.45) is 1.76. The SMILES string of the molecule is O=C1c2ccccc2C(=O)N1CCCCN1CC[C@@H](O)[C@H]1CO. The fraction of sp³-hybridized carbons (Fsp3) is 0.529. The lowest BCUT2D eigenvalue weighted by atomic mass is 10.1. The van der Waals surface area contributed by atoms with E-state index in [1.807, 2.05) is 0 Å². The third-order valence-electron chi connectivity index (χ3n) is 4.77. The molecular formula is C17H22N2O4. The third kappa shape index (κ3) is 3.02. The Kier molecular flexibility index (Phi) is 4.75. The molecule has 23 heavy (non-hydrogen) atoms. The van der Waals surface area contributed by atoms with Crippen LogP contribution in [0.4, 0.5) is 0 Å². The van der Waals surface area contributed by atoms with E-state index in [0.29, 0.717) is 24.1 Å². The summed E-state index contributed by atoms with van der Waals surface area (Å²) in [7, 11) is 0. The molecule has 2 aliphatic heterocycles. The Morgan fingerprint density at radius 2 is 1.65 bits per heavy atom. The van der Waals surface area contributed by atoms with Gasteiger partial charge >= 0.3 is 0 Å². The second kappa shape index (κ2) is 6.78. The van der Waals surface area contributed by atoms with Crippen LogP contribution < -0.4 is 0 Å². The van der Waals surface area contributed by atoms with Gasteiger partial charge in [0, 0.05) is 13.1 Å². The van der Waals surface area contributed by atoms with Crippen molar-refractivity contribution in [3.63, 3.8) is 0 Å². The molecule has 1 aromatic rings. The number of carbonyl (C=O) groups is 2. The molecule has 6 heteroatoms. The predicted octanol–water partition coefficient (Wildman–Crippen LogP) is 0.490. The first-order chi connectivity index (χ1) is 11.1. The summed E-state index contributed by atoms with van der Waals surface area (Å²) in [5.74, 6) is -0.425. The standard InChI is InChI=1S/C17H22N2O4/c20-11-14-15(21)7-10-18(14)8-3-4-9-19-16(22)12-5-1-2-6-13(12)17(19)23/h1-2,5-6,14-15,20-21H,3-4,7-11H2/t14-,15-/m1/s1. The van der Waals surface area contributed by atoms with Gasteiger partial charge < -0.3 is 10.2 Å². The highest BCUT2D eigenvalue weighted by atomic mass is 16.3. The van der Waals surface area contributed by atoms with E-state index in [1.165, 1.54) is 4.90 Å². The fourth-order valence-electron chi connectivity index (χ4n) is 3.44. The lowest BCUT2D eigenvalue weighted by molar-refractivity contribution is 0.0639. The molecule has 124 valence electrons. The van der Waals surface area contributed by atoms with Gasteiger partial charge in [-0.2, -0.15) is 0 Å². The molecule has 0 bridgehead atoms. The summed E-state index contributed by atoms with van der Waals surface area (Å²) in [5, 5.41) is 19.1. The average molecular weight is 318 g/mol. The van der Waals surface area contributed by atoms with Crippen LogP contribution in [0.25, 0.3) is 0 Å². The van der Waals surface area contributed by atoms with E-state index in [4.69, 9.17) is 0 Å². The van der Waals surface area contributed by atoms with Crippen molar-refractivity contribution in [1.29, 1.82) is 0 Å². The Labute approximate surface area is 135 Å². The highest BCUT2D eigenvalue weighted by Gasteiger charge is 2.35. The molecule has 2 atom stereocenters. The summed E-state index contributed by atoms with van der Waals surface area (Å²) in [6.45, 7) is 1.90. The summed E-state index contributed by atoms with van der Waals surface area (Å²) < 4.78 is 0. The van der Waals surface area contributed by atoms with Crippen molar-refractivity contribution in [2.75, 3.05) is 26.2 Å². The van der Waals surface area contributed by atoms with Gasteiger partial charge in [0.15, 0.2) is 0 Å². The molecule has 2 N–H and O–H groups in total. The molecular weight excluding hydrogens is 296 g/mol. The Balaban J connectivity index is 1.49. The van der Waals surface area contributed by atoms with Gasteiger partial charge in [-0.05, 0) is 37.9 Å². The molecule has 1 fully saturated rings. The van der Waals surface area contributed by atoms with E-state index < -0.39 is 6.10 Å². The number of hydrogen-bond donors (Lipinski definition) is 2. The molecule has 2 amide bonds. The van der Waals surface area contributed by atoms with Crippen LogP contribution in [0, 0.1) is 0 Å². The molecule has 1 saturated heterocycles. The molecule has 2 aliphatic rings. The average Bonchev–Trinajstić information content (AvgIpc) is 3.04. The van der Waals surface area contributed by atoms with Gasteiger partial charge in [0.2, 0.25) is 0 Å². The highest BCUT2D eigenvalue weighted by Crippen LogP contribution is 2.23. The van der Waals surface area contributed by atoms with Crippen LogP contribution in [0.5, 0.6) is 0 Å². The highest BCUT2D eigenvalue weighted by molar-refractivity contribution is 6.21. The first-order valence-electron chi connectivity index (χ1n) is 8.11. The largest absolute Gasteiger partial charge is 0.395 e. The lowest BCUT2D eigenvalue weighted by Crippen LogP contribution is -2.39. The monoisotopic (exact) mass is 318 g/mol. The number of hydrogen-bond acceptors (Lipinski definition) is 5. The van der Waals surface area contributed by atoms with E-state index in [9.17, 15) is 19.8 Å². The first kappa shape index (κ1) is 16.1. The molecule has 1 aromatic carbocycles. The molecule has 0 aliphatic carbocycles. The maximum atomic E-state index is 12.2. The molecule has 6 nitrogen and oxygen atoms in total. The summed E-state index contributed by atoms with van der Waals surface area (Å²) >= 11 is 0. The first-order valence-corrected chi connectivity index (χ1v) is 8.11. The van der Waals surface area contributed by atoms with Crippen LogP contribution in [0.2, 0.25) is 0 Å². The summed E-state index contributed by atoms with van der Waals surface area (Å²) in [5.41, 5.74) is 0.973. The minimum Gasteiger partial charge on any atom is -0.395 e. The molecule has 0 spiro atoms. The Bertz CT molecular complexity index is 569. The van der Waals surface area contributed by atoms with Gasteiger partial charge in [-0.25, -0.2) is 0 Å². The minimum atomic E-state index is -0.462. The molecule has 0 unspecified atom stereocenters. The van der Waals surface area contributed by atoms with Gasteiger partial charge in [-0.15, -0.1) is 0 Å². The summed E-state index contributed by atoms with van der Waals surface area (Å²) in [6, 6.07) is 6.72. The van der Waals surface area contributed by atoms with Crippen molar-refractivity contribution < 1.29 is 19.8 Å². The van der Waals surface area contributed by atoms with Gasteiger partial charge in [0.05, 0.1) is 29.9 Å². The number of aliphatic hydroxyl groups excluding tert-OH is 2. The minimum absolute atomic E-state index is 0.0421. The predicted molar refractivity (Wildman–Crippen MR) is 84.1 cm³/mol. The number of fused-ring (bicyclic) bond motifs is 1. The van der Waals surface area contributed by atoms with Gasteiger partial charge in [-0.3, -0.25) is 19.4 Å². The fourth-order valence-corrected chi connectivity index (χ4v) is 3.44. The van der Waals surface area contributed by atoms with Gasteiger partial charge in [-0.1, -0.05) is 12.1 Å². The van der Waals surface area contributed by atoms with E-state index in [2.05, 4.69) is 4.90 Å². The van der Waals surface area contributed by atoms with Gasteiger partial charge in [0.1, 0.15) is 0 Å². The zero-order valence-electron chi connectivity index (χ0n) is 13.0. The van der Waals surface area contributed by atoms with Crippen molar-refractivity contribution in [1.82, 2.24) is 9.80 Å². The Morgan fingerprint density at radius 3 is 2.26 bits per heavy atom. The number of aliphatic hydroxyl groups is 2. The molecule has 0 aromatic heterocycles. The van der Waals surface area contributed by atoms with Crippen LogP contribution in [0.15, 0.2) is 24.3 Å². The number of benzene rings is 1. The van der Waals surface area contributed by atoms with Crippen molar-refractivity contribution in [3.8, 4) is 0 Å². The second-order valence-corrected chi connectivity index (χ2v) is 6.16. The van der Waals surface area contributed by atoms with Crippen molar-refractivity contribution >= 4 is 11.8 Å². The number of rotatable bonds is 6. The quantitative estimate of drug-likeness (QED) is 0.589. The number of imide groups is 1. The zero-order valence-corrected chi connectivity index (χ0v) is 13.0. The number of likely N-dealkylation sites (tertiary alicyclic amines) is 1. The number of carbonyl (C=O) groups excluding carboxylic acids is 2. The topological polar surface area (TPSA) is 81.1 Å². The summed E-state index contributed by atoms with van der Waals surface area (Å²) in [4.78, 5) is 27.8. The van der Waals surface area contributed by atoms with Crippen LogP contribution in [0.1, 0.15) is 40.0 Å². The normalized spacial score (nSPS) is 24.5. The molecule has 2 heterocycles.